The van der Waals surface area contributed by atoms with Crippen LogP contribution >= 0.6 is 0 Å². The van der Waals surface area contributed by atoms with Crippen LogP contribution in [0.1, 0.15) is 5.56 Å². The zero-order chi connectivity index (χ0) is 17.3. The first-order chi connectivity index (χ1) is 12.9. The summed E-state index contributed by atoms with van der Waals surface area (Å²) in [6.45, 7) is 5.76. The molecule has 0 radical (unpaired) electrons. The molecule has 3 heterocycles. The smallest absolute Gasteiger partial charge is 0.251 e. The van der Waals surface area contributed by atoms with E-state index in [1.807, 2.05) is 0 Å². The molecule has 6 heteroatoms. The van der Waals surface area contributed by atoms with Crippen LogP contribution in [0.25, 0.3) is 16.6 Å². The fraction of sp³-hybridized carbons (Fsp3) is 0.227. The highest BCUT2D eigenvalue weighted by atomic mass is 35.5. The average Bonchev–Trinajstić information content (AvgIpc) is 3.19. The van der Waals surface area contributed by atoms with Crippen molar-refractivity contribution in [2.75, 3.05) is 26.2 Å². The van der Waals surface area contributed by atoms with Crippen LogP contribution in [0.5, 0.6) is 0 Å². The van der Waals surface area contributed by atoms with E-state index in [9.17, 15) is 0 Å². The second-order valence-corrected chi connectivity index (χ2v) is 7.23. The molecule has 0 amide bonds. The number of aromatic nitrogens is 2. The number of hydrogen-bond donors (Lipinski definition) is 2. The van der Waals surface area contributed by atoms with E-state index >= 15 is 0 Å². The molecule has 4 aromatic rings. The minimum Gasteiger partial charge on any atom is -1.00 e. The van der Waals surface area contributed by atoms with Gasteiger partial charge in [0.2, 0.25) is 0 Å². The summed E-state index contributed by atoms with van der Waals surface area (Å²) in [5, 5.41) is 0. The maximum atomic E-state index is 5.04. The number of rotatable bonds is 3. The molecule has 0 spiro atoms. The molecule has 146 valence electrons. The van der Waals surface area contributed by atoms with Gasteiger partial charge in [0.05, 0.1) is 11.0 Å². The number of halogens is 2. The summed E-state index contributed by atoms with van der Waals surface area (Å²) in [7, 11) is 0. The molecular weight excluding hydrogens is 391 g/mol. The van der Waals surface area contributed by atoms with Crippen molar-refractivity contribution in [3.63, 3.8) is 0 Å². The first-order valence-corrected chi connectivity index (χ1v) is 9.47. The van der Waals surface area contributed by atoms with E-state index in [1.165, 1.54) is 40.4 Å². The molecule has 0 saturated carbocycles. The van der Waals surface area contributed by atoms with E-state index < -0.39 is 0 Å². The summed E-state index contributed by atoms with van der Waals surface area (Å²) in [4.78, 5) is 8.22. The van der Waals surface area contributed by atoms with Crippen LogP contribution in [-0.4, -0.2) is 35.6 Å². The number of para-hydroxylation sites is 2. The first-order valence-electron chi connectivity index (χ1n) is 9.47. The van der Waals surface area contributed by atoms with Crippen molar-refractivity contribution in [2.24, 2.45) is 0 Å². The second-order valence-electron chi connectivity index (χ2n) is 7.23. The van der Waals surface area contributed by atoms with Gasteiger partial charge in [-0.15, -0.1) is 0 Å². The zero-order valence-electron chi connectivity index (χ0n) is 15.6. The normalized spacial score (nSPS) is 19.1. The van der Waals surface area contributed by atoms with Gasteiger partial charge in [-0.3, -0.25) is 4.90 Å². The van der Waals surface area contributed by atoms with Gasteiger partial charge in [-0.05, 0) is 24.3 Å². The largest absolute Gasteiger partial charge is 1.00 e. The maximum absolute atomic E-state index is 5.04. The minimum atomic E-state index is 0. The highest BCUT2D eigenvalue weighted by Gasteiger charge is 2.27. The fourth-order valence-electron chi connectivity index (χ4n) is 4.19. The van der Waals surface area contributed by atoms with Crippen molar-refractivity contribution in [1.29, 1.82) is 0 Å². The van der Waals surface area contributed by atoms with E-state index in [2.05, 4.69) is 77.3 Å². The van der Waals surface area contributed by atoms with Gasteiger partial charge in [0.25, 0.3) is 5.82 Å². The van der Waals surface area contributed by atoms with E-state index in [-0.39, 0.29) is 24.8 Å². The van der Waals surface area contributed by atoms with E-state index in [0.29, 0.717) is 0 Å². The third kappa shape index (κ3) is 3.87. The third-order valence-electron chi connectivity index (χ3n) is 5.56. The highest BCUT2D eigenvalue weighted by molar-refractivity contribution is 5.82. The summed E-state index contributed by atoms with van der Waals surface area (Å²) in [5.74, 6) is 1.20. The Morgan fingerprint density at radius 3 is 2.21 bits per heavy atom. The highest BCUT2D eigenvalue weighted by Crippen LogP contribution is 2.19. The number of piperazine rings is 1. The molecule has 1 fully saturated rings. The minimum absolute atomic E-state index is 0. The van der Waals surface area contributed by atoms with E-state index in [4.69, 9.17) is 4.98 Å². The SMILES string of the molecule is [Cl-].[Cl-].c1ccc(C[NH+]2CC[NH+](c3nc4ccccc4n4cccc34)CC2)cc1. The van der Waals surface area contributed by atoms with Crippen LogP contribution in [0.3, 0.4) is 0 Å². The molecule has 0 atom stereocenters. The molecule has 0 aliphatic carbocycles. The Morgan fingerprint density at radius 1 is 0.750 bits per heavy atom. The standard InChI is InChI=1S/C22H22N4.2ClH/c1-2-7-18(8-3-1)17-24-13-15-25(16-14-24)22-21-11-6-12-26(21)20-10-5-4-9-19(20)23-22;;/h1-12H,13-17H2;2*1H. The van der Waals surface area contributed by atoms with Crippen molar-refractivity contribution in [3.8, 4) is 0 Å². The topological polar surface area (TPSA) is 26.2 Å². The molecule has 0 bridgehead atoms. The third-order valence-corrected chi connectivity index (χ3v) is 5.56. The van der Waals surface area contributed by atoms with Gasteiger partial charge in [0.15, 0.2) is 0 Å². The van der Waals surface area contributed by atoms with Crippen LogP contribution in [0.2, 0.25) is 0 Å². The number of benzene rings is 2. The fourth-order valence-corrected chi connectivity index (χ4v) is 4.19. The Kier molecular flexibility index (Phi) is 6.57. The van der Waals surface area contributed by atoms with Gasteiger partial charge in [-0.2, -0.15) is 4.98 Å². The van der Waals surface area contributed by atoms with Crippen LogP contribution in [-0.2, 0) is 6.54 Å². The van der Waals surface area contributed by atoms with E-state index in [0.717, 1.165) is 25.2 Å². The zero-order valence-corrected chi connectivity index (χ0v) is 17.1. The summed E-state index contributed by atoms with van der Waals surface area (Å²) < 4.78 is 2.29. The number of fused-ring (bicyclic) bond motifs is 3. The van der Waals surface area contributed by atoms with E-state index in [1.54, 1.807) is 4.90 Å². The first kappa shape index (κ1) is 20.6. The molecule has 2 aromatic carbocycles. The molecule has 1 aliphatic heterocycles. The molecule has 0 unspecified atom stereocenters. The molecule has 1 aliphatic rings. The Bertz CT molecular complexity index is 1040. The number of quaternary nitrogens is 2. The molecule has 28 heavy (non-hydrogen) atoms. The summed E-state index contributed by atoms with van der Waals surface area (Å²) in [6, 6.07) is 23.6. The van der Waals surface area contributed by atoms with Gasteiger partial charge in [-0.25, -0.2) is 0 Å². The van der Waals surface area contributed by atoms with Gasteiger partial charge < -0.3 is 34.1 Å². The molecule has 5 rings (SSSR count). The lowest BCUT2D eigenvalue weighted by Gasteiger charge is -2.29. The number of nitrogens with one attached hydrogen (secondary N) is 2. The molecule has 4 nitrogen and oxygen atoms in total. The van der Waals surface area contributed by atoms with Crippen LogP contribution in [0.4, 0.5) is 5.82 Å². The molecular formula is C22H24Cl2N4. The lowest BCUT2D eigenvalue weighted by molar-refractivity contribution is -0.995. The molecule has 2 aromatic heterocycles. The Hall–Kier alpha value is -2.11. The van der Waals surface area contributed by atoms with Crippen molar-refractivity contribution < 1.29 is 34.6 Å². The number of nitrogens with zero attached hydrogens (tertiary/aromatic N) is 2. The Labute approximate surface area is 177 Å². The predicted molar refractivity (Wildman–Crippen MR) is 104 cm³/mol. The quantitative estimate of drug-likeness (QED) is 0.345. The van der Waals surface area contributed by atoms with Gasteiger partial charge in [0.1, 0.15) is 38.2 Å². The van der Waals surface area contributed by atoms with Crippen molar-refractivity contribution in [3.05, 3.63) is 78.5 Å². The Balaban J connectivity index is 0.00000112. The van der Waals surface area contributed by atoms with Crippen LogP contribution in [0, 0.1) is 0 Å². The predicted octanol–water partition coefficient (Wildman–Crippen LogP) is -4.89. The summed E-state index contributed by atoms with van der Waals surface area (Å²) in [6.07, 6.45) is 2.15. The lowest BCUT2D eigenvalue weighted by Crippen LogP contribution is -3.25. The second kappa shape index (κ2) is 8.93. The van der Waals surface area contributed by atoms with Gasteiger partial charge in [0, 0.05) is 11.8 Å². The van der Waals surface area contributed by atoms with Gasteiger partial charge >= 0.3 is 0 Å². The number of hydrogen-bond acceptors (Lipinski definition) is 1. The van der Waals surface area contributed by atoms with Crippen LogP contribution in [0.15, 0.2) is 72.9 Å². The Morgan fingerprint density at radius 2 is 1.43 bits per heavy atom. The van der Waals surface area contributed by atoms with Crippen LogP contribution < -0.4 is 34.6 Å². The van der Waals surface area contributed by atoms with Crippen molar-refractivity contribution in [2.45, 2.75) is 6.54 Å². The summed E-state index contributed by atoms with van der Waals surface area (Å²) in [5.41, 5.74) is 4.94. The lowest BCUT2D eigenvalue weighted by atomic mass is 10.2. The van der Waals surface area contributed by atoms with Gasteiger partial charge in [-0.1, -0.05) is 42.5 Å². The average molecular weight is 415 g/mol. The van der Waals surface area contributed by atoms with Crippen molar-refractivity contribution in [1.82, 2.24) is 9.38 Å². The molecule has 1 saturated heterocycles. The summed E-state index contributed by atoms with van der Waals surface area (Å²) >= 11 is 0. The monoisotopic (exact) mass is 414 g/mol. The maximum Gasteiger partial charge on any atom is 0.251 e. The molecule has 2 N–H and O–H groups in total. The van der Waals surface area contributed by atoms with Crippen molar-refractivity contribution >= 4 is 22.4 Å².